The summed E-state index contributed by atoms with van der Waals surface area (Å²) in [6.07, 6.45) is 3.69. The summed E-state index contributed by atoms with van der Waals surface area (Å²) in [5, 5.41) is 6.57. The lowest BCUT2D eigenvalue weighted by Gasteiger charge is -2.35. The van der Waals surface area contributed by atoms with E-state index in [2.05, 4.69) is 67.3 Å². The van der Waals surface area contributed by atoms with Crippen molar-refractivity contribution >= 4 is 45.5 Å². The van der Waals surface area contributed by atoms with Crippen molar-refractivity contribution in [1.82, 2.24) is 25.3 Å². The topological polar surface area (TPSA) is 136 Å². The fraction of sp³-hybridized carbons (Fsp3) is 0.585. The molecule has 6 bridgehead atoms. The van der Waals surface area contributed by atoms with Gasteiger partial charge in [0.25, 0.3) is 5.91 Å². The number of ether oxygens (including phenoxy) is 3. The van der Waals surface area contributed by atoms with E-state index >= 15 is 0 Å². The number of aliphatic imine (C=N–C) groups is 1. The van der Waals surface area contributed by atoms with Crippen molar-refractivity contribution in [3.05, 3.63) is 53.3 Å². The zero-order chi connectivity index (χ0) is 37.9. The van der Waals surface area contributed by atoms with E-state index in [4.69, 9.17) is 24.2 Å². The first-order valence-electron chi connectivity index (χ1n) is 19.4. The number of rotatable bonds is 6. The second-order valence-corrected chi connectivity index (χ2v) is 17.7. The van der Waals surface area contributed by atoms with E-state index in [0.29, 0.717) is 45.4 Å². The molecule has 2 N–H and O–H groups in total. The van der Waals surface area contributed by atoms with Gasteiger partial charge >= 0.3 is 5.97 Å². The molecule has 7 atom stereocenters. The minimum atomic E-state index is -0.805. The highest BCUT2D eigenvalue weighted by Crippen LogP contribution is 2.46. The molecule has 2 unspecified atom stereocenters. The number of pyridine rings is 1. The van der Waals surface area contributed by atoms with Crippen molar-refractivity contribution in [1.29, 1.82) is 0 Å². The van der Waals surface area contributed by atoms with Gasteiger partial charge in [-0.1, -0.05) is 33.8 Å². The maximum atomic E-state index is 14.1. The Hall–Kier alpha value is -3.78. The number of benzene rings is 1. The molecule has 2 aromatic heterocycles. The summed E-state index contributed by atoms with van der Waals surface area (Å²) in [6.45, 7) is 12.3. The highest BCUT2D eigenvalue weighted by atomic mass is 32.2. The Morgan fingerprint density at radius 3 is 2.69 bits per heavy atom. The van der Waals surface area contributed by atoms with Crippen LogP contribution >= 0.6 is 11.8 Å². The number of hydrazine groups is 1. The number of nitrogens with one attached hydrogen (secondary N) is 2. The molecule has 5 aliphatic rings. The molecule has 13 heteroatoms. The van der Waals surface area contributed by atoms with E-state index in [0.717, 1.165) is 49.8 Å². The predicted molar refractivity (Wildman–Crippen MR) is 208 cm³/mol. The second-order valence-electron chi connectivity index (χ2n) is 16.6. The molecule has 3 aromatic rings. The summed E-state index contributed by atoms with van der Waals surface area (Å²) in [4.78, 5) is 51.3. The number of hydrogen-bond acceptors (Lipinski definition) is 10. The van der Waals surface area contributed by atoms with Gasteiger partial charge in [-0.3, -0.25) is 29.4 Å². The zero-order valence-corrected chi connectivity index (χ0v) is 32.9. The monoisotopic (exact) mass is 756 g/mol. The van der Waals surface area contributed by atoms with Crippen molar-refractivity contribution in [2.24, 2.45) is 28.2 Å². The third-order valence-corrected chi connectivity index (χ3v) is 13.2. The molecule has 1 aromatic carbocycles. The van der Waals surface area contributed by atoms with Gasteiger partial charge in [0.1, 0.15) is 12.1 Å². The number of carbonyl (C=O) groups excluding carboxylic acids is 3. The quantitative estimate of drug-likeness (QED) is 0.310. The van der Waals surface area contributed by atoms with Crippen molar-refractivity contribution in [3.63, 3.8) is 0 Å². The van der Waals surface area contributed by atoms with Crippen LogP contribution in [0.25, 0.3) is 22.2 Å². The van der Waals surface area contributed by atoms with Gasteiger partial charge in [0.15, 0.2) is 0 Å². The lowest BCUT2D eigenvalue weighted by molar-refractivity contribution is -0.155. The third-order valence-electron chi connectivity index (χ3n) is 12.2. The van der Waals surface area contributed by atoms with Gasteiger partial charge in [-0.25, -0.2) is 5.43 Å². The number of amides is 2. The Morgan fingerprint density at radius 2 is 1.96 bits per heavy atom. The van der Waals surface area contributed by atoms with Gasteiger partial charge in [-0.2, -0.15) is 0 Å². The first-order chi connectivity index (χ1) is 25.9. The summed E-state index contributed by atoms with van der Waals surface area (Å²) in [6, 6.07) is 9.33. The lowest BCUT2D eigenvalue weighted by Crippen LogP contribution is -2.60. The summed E-state index contributed by atoms with van der Waals surface area (Å²) < 4.78 is 20.1. The van der Waals surface area contributed by atoms with E-state index in [1.54, 1.807) is 18.9 Å². The lowest BCUT2D eigenvalue weighted by atomic mass is 9.84. The standard InChI is InChI=1S/C41H52N6O6S/c1-22-23(2)35(22)38(48)44-31-16-34-43-32(20-54-34)25-11-12-33-28(15-25)29(17-41(4,5)21-53-40(50)30-10-8-14-46(45-30)39(31)49)37(47(33)26-18-52-19-26)27-9-7-13-42-36(27)24(3)51-6/h7,9,11-13,15,22-24,26,30-32,35,45H,8,10,14,16-21H2,1-6H3,(H,44,48)/t22-,23+,24-,30-,31-,32?,35?/m0/s1. The number of cyclic esters (lactones) is 1. The summed E-state index contributed by atoms with van der Waals surface area (Å²) in [5.41, 5.74) is 9.04. The third kappa shape index (κ3) is 6.97. The molecular formula is C41H52N6O6S. The molecule has 4 aliphatic heterocycles. The normalized spacial score (nSPS) is 29.2. The maximum absolute atomic E-state index is 14.1. The average Bonchev–Trinajstić information content (AvgIpc) is 3.41. The minimum absolute atomic E-state index is 0.0994. The molecular weight excluding hydrogens is 705 g/mol. The van der Waals surface area contributed by atoms with Gasteiger partial charge in [0, 0.05) is 59.8 Å². The number of fused-ring (bicyclic) bond motifs is 5. The number of aromatic nitrogens is 2. The molecule has 3 fully saturated rings. The zero-order valence-electron chi connectivity index (χ0n) is 32.1. The Kier molecular flexibility index (Phi) is 10.1. The van der Waals surface area contributed by atoms with Gasteiger partial charge in [-0.15, -0.1) is 11.8 Å². The highest BCUT2D eigenvalue weighted by molar-refractivity contribution is 8.14. The number of methoxy groups -OCH3 is 1. The van der Waals surface area contributed by atoms with Gasteiger partial charge in [0.2, 0.25) is 5.91 Å². The van der Waals surface area contributed by atoms with Gasteiger partial charge < -0.3 is 24.1 Å². The Labute approximate surface area is 321 Å². The highest BCUT2D eigenvalue weighted by Gasteiger charge is 2.49. The molecule has 1 aliphatic carbocycles. The SMILES string of the molecule is CO[C@@H](C)c1ncccc1-c1c2c3cc(ccc3n1C1COC1)C1CSC(=N1)C[C@H](NC(=O)C1[C@@H](C)[C@H]1C)C(=O)N1CCC[C@H](N1)C(=O)OCC(C)(C)C2. The largest absolute Gasteiger partial charge is 0.464 e. The first-order valence-corrected chi connectivity index (χ1v) is 20.4. The minimum Gasteiger partial charge on any atom is -0.464 e. The van der Waals surface area contributed by atoms with Crippen LogP contribution in [0.1, 0.15) is 88.9 Å². The van der Waals surface area contributed by atoms with Crippen LogP contribution < -0.4 is 10.7 Å². The predicted octanol–water partition coefficient (Wildman–Crippen LogP) is 5.57. The van der Waals surface area contributed by atoms with Gasteiger partial charge in [0.05, 0.1) is 54.4 Å². The second kappa shape index (κ2) is 14.7. The number of thioether (sulfide) groups is 1. The Balaban J connectivity index is 1.24. The fourth-order valence-corrected chi connectivity index (χ4v) is 9.67. The first kappa shape index (κ1) is 37.2. The van der Waals surface area contributed by atoms with E-state index in [1.807, 2.05) is 19.2 Å². The smallest absolute Gasteiger partial charge is 0.324 e. The molecule has 54 heavy (non-hydrogen) atoms. The van der Waals surface area contributed by atoms with Crippen molar-refractivity contribution < 1.29 is 28.6 Å². The molecule has 0 radical (unpaired) electrons. The number of hydrogen-bond donors (Lipinski definition) is 2. The van der Waals surface area contributed by atoms with E-state index in [1.165, 1.54) is 5.01 Å². The molecule has 0 spiro atoms. The van der Waals surface area contributed by atoms with Crippen molar-refractivity contribution in [2.45, 2.75) is 90.6 Å². The fourth-order valence-electron chi connectivity index (χ4n) is 8.57. The summed E-state index contributed by atoms with van der Waals surface area (Å²) >= 11 is 1.65. The number of carbonyl (C=O) groups is 3. The molecule has 1 saturated carbocycles. The number of esters is 1. The Bertz CT molecular complexity index is 1980. The van der Waals surface area contributed by atoms with Crippen molar-refractivity contribution in [3.8, 4) is 11.3 Å². The molecule has 8 rings (SSSR count). The van der Waals surface area contributed by atoms with Crippen LogP contribution in [0.4, 0.5) is 0 Å². The molecule has 6 heterocycles. The van der Waals surface area contributed by atoms with Crippen LogP contribution in [0.5, 0.6) is 0 Å². The average molecular weight is 757 g/mol. The Morgan fingerprint density at radius 1 is 1.17 bits per heavy atom. The van der Waals surface area contributed by atoms with E-state index in [9.17, 15) is 14.4 Å². The maximum Gasteiger partial charge on any atom is 0.324 e. The summed E-state index contributed by atoms with van der Waals surface area (Å²) in [7, 11) is 1.71. The molecule has 12 nitrogen and oxygen atoms in total. The van der Waals surface area contributed by atoms with Crippen LogP contribution in [0, 0.1) is 23.2 Å². The number of nitrogens with zero attached hydrogens (tertiary/aromatic N) is 4. The van der Waals surface area contributed by atoms with Crippen LogP contribution in [0.2, 0.25) is 0 Å². The van der Waals surface area contributed by atoms with E-state index < -0.39 is 17.5 Å². The van der Waals surface area contributed by atoms with Gasteiger partial charge in [-0.05, 0) is 73.4 Å². The van der Waals surface area contributed by atoms with Crippen LogP contribution in [-0.4, -0.2) is 88.7 Å². The summed E-state index contributed by atoms with van der Waals surface area (Å²) in [5.74, 6) is 0.438. The molecule has 2 saturated heterocycles. The van der Waals surface area contributed by atoms with Crippen LogP contribution in [0.15, 0.2) is 41.5 Å². The van der Waals surface area contributed by atoms with Crippen molar-refractivity contribution in [2.75, 3.05) is 39.2 Å². The molecule has 288 valence electrons. The van der Waals surface area contributed by atoms with Crippen LogP contribution in [0.3, 0.4) is 0 Å². The molecule has 2 amide bonds. The van der Waals surface area contributed by atoms with E-state index in [-0.39, 0.29) is 60.3 Å². The van der Waals surface area contributed by atoms with Crippen LogP contribution in [-0.2, 0) is 35.0 Å².